The molecule has 2 aromatic rings. The first kappa shape index (κ1) is 13.7. The van der Waals surface area contributed by atoms with E-state index in [4.69, 9.17) is 16.3 Å². The number of methoxy groups -OCH3 is 1. The van der Waals surface area contributed by atoms with Crippen molar-refractivity contribution in [2.75, 3.05) is 7.11 Å². The number of alkyl halides is 1. The van der Waals surface area contributed by atoms with E-state index in [1.54, 1.807) is 7.11 Å². The fourth-order valence-corrected chi connectivity index (χ4v) is 3.22. The van der Waals surface area contributed by atoms with Crippen LogP contribution in [0.25, 0.3) is 11.2 Å². The minimum atomic E-state index is -0.114. The van der Waals surface area contributed by atoms with Crippen LogP contribution in [0.4, 0.5) is 0 Å². The van der Waals surface area contributed by atoms with Crippen LogP contribution in [0, 0.1) is 0 Å². The van der Waals surface area contributed by atoms with Crippen molar-refractivity contribution in [1.29, 1.82) is 0 Å². The second kappa shape index (κ2) is 5.60. The molecule has 0 spiro atoms. The summed E-state index contributed by atoms with van der Waals surface area (Å²) in [7, 11) is 1.64. The molecular weight excluding hydrogens is 274 g/mol. The Bertz CT molecular complexity index is 602. The van der Waals surface area contributed by atoms with E-state index in [1.807, 2.05) is 19.1 Å². The molecular formula is C15H20ClN3O. The van der Waals surface area contributed by atoms with E-state index in [-0.39, 0.29) is 5.38 Å². The fraction of sp³-hybridized carbons (Fsp3) is 0.600. The van der Waals surface area contributed by atoms with E-state index in [0.29, 0.717) is 11.9 Å². The molecule has 4 nitrogen and oxygen atoms in total. The van der Waals surface area contributed by atoms with Crippen molar-refractivity contribution in [1.82, 2.24) is 14.5 Å². The number of fused-ring (bicyclic) bond motifs is 1. The lowest BCUT2D eigenvalue weighted by Gasteiger charge is -2.25. The Kier molecular flexibility index (Phi) is 3.83. The lowest BCUT2D eigenvalue weighted by molar-refractivity contribution is 0.349. The molecule has 5 heteroatoms. The van der Waals surface area contributed by atoms with Crippen LogP contribution in [0.1, 0.15) is 56.3 Å². The molecule has 1 aliphatic carbocycles. The maximum Gasteiger partial charge on any atom is 0.215 e. The normalized spacial score (nSPS) is 18.4. The van der Waals surface area contributed by atoms with Gasteiger partial charge in [-0.05, 0) is 25.8 Å². The SMILES string of the molecule is COc1ccc2nc(C(C)Cl)n(C3CCCCC3)c2n1. The summed E-state index contributed by atoms with van der Waals surface area (Å²) in [6.45, 7) is 1.97. The summed E-state index contributed by atoms with van der Waals surface area (Å²) in [6, 6.07) is 4.27. The van der Waals surface area contributed by atoms with E-state index in [1.165, 1.54) is 32.1 Å². The van der Waals surface area contributed by atoms with Gasteiger partial charge in [0.1, 0.15) is 11.3 Å². The Morgan fingerprint density at radius 2 is 2.00 bits per heavy atom. The molecule has 2 heterocycles. The van der Waals surface area contributed by atoms with Gasteiger partial charge in [0.25, 0.3) is 0 Å². The Morgan fingerprint density at radius 1 is 1.25 bits per heavy atom. The Morgan fingerprint density at radius 3 is 2.65 bits per heavy atom. The van der Waals surface area contributed by atoms with Crippen LogP contribution in [0.3, 0.4) is 0 Å². The predicted molar refractivity (Wildman–Crippen MR) is 80.5 cm³/mol. The Labute approximate surface area is 124 Å². The second-order valence-electron chi connectivity index (χ2n) is 5.44. The predicted octanol–water partition coefficient (Wildman–Crippen LogP) is 4.24. The molecule has 108 valence electrons. The maximum absolute atomic E-state index is 6.33. The smallest absolute Gasteiger partial charge is 0.215 e. The largest absolute Gasteiger partial charge is 0.481 e. The highest BCUT2D eigenvalue weighted by Crippen LogP contribution is 2.35. The first-order valence-corrected chi connectivity index (χ1v) is 7.71. The highest BCUT2D eigenvalue weighted by atomic mass is 35.5. The van der Waals surface area contributed by atoms with E-state index < -0.39 is 0 Å². The number of halogens is 1. The molecule has 0 saturated heterocycles. The minimum Gasteiger partial charge on any atom is -0.481 e. The second-order valence-corrected chi connectivity index (χ2v) is 6.10. The number of ether oxygens (including phenoxy) is 1. The van der Waals surface area contributed by atoms with Gasteiger partial charge < -0.3 is 9.30 Å². The number of hydrogen-bond acceptors (Lipinski definition) is 3. The standard InChI is InChI=1S/C15H20ClN3O/c1-10(16)14-17-12-8-9-13(20-2)18-15(12)19(14)11-6-4-3-5-7-11/h8-11H,3-7H2,1-2H3. The molecule has 0 aromatic carbocycles. The molecule has 0 radical (unpaired) electrons. The van der Waals surface area contributed by atoms with Crippen LogP contribution < -0.4 is 4.74 Å². The first-order valence-electron chi connectivity index (χ1n) is 7.27. The van der Waals surface area contributed by atoms with Crippen molar-refractivity contribution in [2.24, 2.45) is 0 Å². The molecule has 1 saturated carbocycles. The van der Waals surface area contributed by atoms with E-state index in [2.05, 4.69) is 14.5 Å². The van der Waals surface area contributed by atoms with E-state index in [0.717, 1.165) is 17.0 Å². The molecule has 2 aromatic heterocycles. The van der Waals surface area contributed by atoms with Crippen LogP contribution in [0.15, 0.2) is 12.1 Å². The zero-order valence-corrected chi connectivity index (χ0v) is 12.7. The summed E-state index contributed by atoms with van der Waals surface area (Å²) in [5, 5.41) is -0.114. The molecule has 0 amide bonds. The van der Waals surface area contributed by atoms with Gasteiger partial charge in [-0.25, -0.2) is 4.98 Å². The highest BCUT2D eigenvalue weighted by molar-refractivity contribution is 6.20. The van der Waals surface area contributed by atoms with Crippen molar-refractivity contribution in [3.63, 3.8) is 0 Å². The van der Waals surface area contributed by atoms with E-state index >= 15 is 0 Å². The molecule has 0 bridgehead atoms. The number of aromatic nitrogens is 3. The van der Waals surface area contributed by atoms with Gasteiger partial charge in [0.2, 0.25) is 5.88 Å². The van der Waals surface area contributed by atoms with Gasteiger partial charge in [-0.1, -0.05) is 19.3 Å². The summed E-state index contributed by atoms with van der Waals surface area (Å²) in [5.74, 6) is 1.55. The third kappa shape index (κ3) is 2.37. The molecule has 1 atom stereocenters. The van der Waals surface area contributed by atoms with Crippen molar-refractivity contribution in [3.8, 4) is 5.88 Å². The number of pyridine rings is 1. The number of imidazole rings is 1. The van der Waals surface area contributed by atoms with Crippen LogP contribution in [0.2, 0.25) is 0 Å². The van der Waals surface area contributed by atoms with E-state index in [9.17, 15) is 0 Å². The summed E-state index contributed by atoms with van der Waals surface area (Å²) in [6.07, 6.45) is 6.22. The Balaban J connectivity index is 2.15. The Hall–Kier alpha value is -1.29. The van der Waals surface area contributed by atoms with Gasteiger partial charge in [-0.3, -0.25) is 0 Å². The fourth-order valence-electron chi connectivity index (χ4n) is 3.07. The molecule has 0 aliphatic heterocycles. The lowest BCUT2D eigenvalue weighted by Crippen LogP contribution is -2.16. The van der Waals surface area contributed by atoms with Gasteiger partial charge in [0.05, 0.1) is 12.5 Å². The average Bonchev–Trinajstić information content (AvgIpc) is 2.86. The minimum absolute atomic E-state index is 0.114. The van der Waals surface area contributed by atoms with Gasteiger partial charge in [-0.2, -0.15) is 4.98 Å². The number of nitrogens with zero attached hydrogens (tertiary/aromatic N) is 3. The summed E-state index contributed by atoms with van der Waals surface area (Å²) >= 11 is 6.33. The van der Waals surface area contributed by atoms with Crippen molar-refractivity contribution in [3.05, 3.63) is 18.0 Å². The zero-order chi connectivity index (χ0) is 14.1. The molecule has 20 heavy (non-hydrogen) atoms. The van der Waals surface area contributed by atoms with Crippen molar-refractivity contribution >= 4 is 22.8 Å². The van der Waals surface area contributed by atoms with Crippen molar-refractivity contribution < 1.29 is 4.74 Å². The zero-order valence-electron chi connectivity index (χ0n) is 12.0. The van der Waals surface area contributed by atoms with Crippen LogP contribution in [-0.4, -0.2) is 21.6 Å². The summed E-state index contributed by atoms with van der Waals surface area (Å²) in [4.78, 5) is 9.27. The molecule has 1 aliphatic rings. The van der Waals surface area contributed by atoms with Gasteiger partial charge in [-0.15, -0.1) is 11.6 Å². The molecule has 3 rings (SSSR count). The average molecular weight is 294 g/mol. The topological polar surface area (TPSA) is 39.9 Å². The third-order valence-electron chi connectivity index (χ3n) is 4.04. The molecule has 1 fully saturated rings. The molecule has 0 N–H and O–H groups in total. The summed E-state index contributed by atoms with van der Waals surface area (Å²) < 4.78 is 7.49. The van der Waals surface area contributed by atoms with Crippen molar-refractivity contribution in [2.45, 2.75) is 50.4 Å². The summed E-state index contributed by atoms with van der Waals surface area (Å²) in [5.41, 5.74) is 1.80. The first-order chi connectivity index (χ1) is 9.70. The van der Waals surface area contributed by atoms with Crippen LogP contribution >= 0.6 is 11.6 Å². The van der Waals surface area contributed by atoms with Crippen LogP contribution in [-0.2, 0) is 0 Å². The highest BCUT2D eigenvalue weighted by Gasteiger charge is 2.24. The number of hydrogen-bond donors (Lipinski definition) is 0. The van der Waals surface area contributed by atoms with Gasteiger partial charge in [0, 0.05) is 12.1 Å². The number of rotatable bonds is 3. The van der Waals surface area contributed by atoms with Gasteiger partial charge >= 0.3 is 0 Å². The maximum atomic E-state index is 6.33. The molecule has 1 unspecified atom stereocenters. The quantitative estimate of drug-likeness (QED) is 0.795. The lowest BCUT2D eigenvalue weighted by atomic mass is 9.95. The van der Waals surface area contributed by atoms with Crippen LogP contribution in [0.5, 0.6) is 5.88 Å². The van der Waals surface area contributed by atoms with Gasteiger partial charge in [0.15, 0.2) is 5.65 Å². The third-order valence-corrected chi connectivity index (χ3v) is 4.24. The monoisotopic (exact) mass is 293 g/mol.